The van der Waals surface area contributed by atoms with Crippen molar-refractivity contribution in [1.82, 2.24) is 10.2 Å². The lowest BCUT2D eigenvalue weighted by Gasteiger charge is -2.54. The first kappa shape index (κ1) is 20.2. The second-order valence-electron chi connectivity index (χ2n) is 10.0. The van der Waals surface area contributed by atoms with E-state index in [1.807, 2.05) is 6.92 Å². The number of rotatable bonds is 3. The molecular weight excluding hydrogens is 364 g/mol. The third kappa shape index (κ3) is 3.76. The van der Waals surface area contributed by atoms with E-state index in [4.69, 9.17) is 0 Å². The molecule has 1 heterocycles. The van der Waals surface area contributed by atoms with Crippen molar-refractivity contribution < 1.29 is 14.3 Å². The van der Waals surface area contributed by atoms with Crippen LogP contribution in [0.1, 0.15) is 68.1 Å². The number of alkyl carbamates (subject to hydrolysis) is 1. The van der Waals surface area contributed by atoms with E-state index in [0.29, 0.717) is 24.2 Å². The first-order valence-electron chi connectivity index (χ1n) is 11.0. The van der Waals surface area contributed by atoms with Crippen molar-refractivity contribution in [3.63, 3.8) is 0 Å². The van der Waals surface area contributed by atoms with Crippen LogP contribution in [0.15, 0.2) is 18.2 Å². The van der Waals surface area contributed by atoms with E-state index in [-0.39, 0.29) is 17.4 Å². The normalized spacial score (nSPS) is 28.4. The molecule has 0 aromatic heterocycles. The maximum absolute atomic E-state index is 12.9. The minimum absolute atomic E-state index is 0.0373. The van der Waals surface area contributed by atoms with E-state index in [2.05, 4.69) is 47.0 Å². The monoisotopic (exact) mass is 398 g/mol. The summed E-state index contributed by atoms with van der Waals surface area (Å²) < 4.78 is 4.68. The van der Waals surface area contributed by atoms with Crippen LogP contribution in [-0.2, 0) is 9.53 Å². The fourth-order valence-electron chi connectivity index (χ4n) is 5.89. The van der Waals surface area contributed by atoms with Gasteiger partial charge in [-0.05, 0) is 87.3 Å². The van der Waals surface area contributed by atoms with E-state index in [0.717, 1.165) is 25.9 Å². The number of piperidine rings is 1. The van der Waals surface area contributed by atoms with Crippen molar-refractivity contribution >= 4 is 12.0 Å². The number of nitrogens with zero attached hydrogens (tertiary/aromatic N) is 1. The molecule has 3 fully saturated rings. The summed E-state index contributed by atoms with van der Waals surface area (Å²) in [7, 11) is 1.37. The van der Waals surface area contributed by atoms with Gasteiger partial charge in [0, 0.05) is 24.5 Å². The van der Waals surface area contributed by atoms with Crippen molar-refractivity contribution in [3.05, 3.63) is 34.9 Å². The Balaban J connectivity index is 1.26. The third-order valence-corrected chi connectivity index (χ3v) is 7.91. The molecule has 2 aliphatic carbocycles. The van der Waals surface area contributed by atoms with Crippen LogP contribution in [0.5, 0.6) is 0 Å². The number of hydrogen-bond donors (Lipinski definition) is 1. The summed E-state index contributed by atoms with van der Waals surface area (Å²) >= 11 is 0. The highest BCUT2D eigenvalue weighted by atomic mass is 16.5. The van der Waals surface area contributed by atoms with E-state index in [1.54, 1.807) is 0 Å². The van der Waals surface area contributed by atoms with Crippen LogP contribution in [0, 0.1) is 25.2 Å². The summed E-state index contributed by atoms with van der Waals surface area (Å²) in [5.41, 5.74) is 4.50. The molecule has 1 aromatic rings. The molecule has 1 aromatic carbocycles. The third-order valence-electron chi connectivity index (χ3n) is 7.91. The molecule has 5 nitrogen and oxygen atoms in total. The number of carbonyl (C=O) groups excluding carboxylic acids is 2. The van der Waals surface area contributed by atoms with Crippen molar-refractivity contribution in [2.45, 2.75) is 70.8 Å². The van der Waals surface area contributed by atoms with Gasteiger partial charge in [-0.1, -0.05) is 18.2 Å². The molecule has 0 bridgehead atoms. The Hall–Kier alpha value is -2.04. The molecule has 3 aliphatic rings. The Labute approximate surface area is 174 Å². The SMILES string of the molecule is COC(=O)NC1(C)CC(C(=O)N2CCC3(CC2)CC(c2cccc(C)c2C)C3)C1. The molecule has 5 heteroatoms. The van der Waals surface area contributed by atoms with E-state index in [1.165, 1.54) is 36.6 Å². The van der Waals surface area contributed by atoms with Crippen LogP contribution in [0.2, 0.25) is 0 Å². The molecule has 158 valence electrons. The summed E-state index contributed by atoms with van der Waals surface area (Å²) in [5, 5.41) is 2.86. The summed E-state index contributed by atoms with van der Waals surface area (Å²) in [6, 6.07) is 6.68. The summed E-state index contributed by atoms with van der Waals surface area (Å²) in [6.07, 6.45) is 5.79. The van der Waals surface area contributed by atoms with Crippen molar-refractivity contribution in [2.24, 2.45) is 11.3 Å². The average molecular weight is 399 g/mol. The smallest absolute Gasteiger partial charge is 0.407 e. The lowest BCUT2D eigenvalue weighted by Crippen LogP contribution is -2.59. The topological polar surface area (TPSA) is 58.6 Å². The largest absolute Gasteiger partial charge is 0.453 e. The minimum Gasteiger partial charge on any atom is -0.453 e. The first-order valence-corrected chi connectivity index (χ1v) is 11.0. The van der Waals surface area contributed by atoms with Gasteiger partial charge < -0.3 is 15.0 Å². The van der Waals surface area contributed by atoms with Gasteiger partial charge in [-0.3, -0.25) is 4.79 Å². The highest BCUT2D eigenvalue weighted by molar-refractivity contribution is 5.81. The summed E-state index contributed by atoms with van der Waals surface area (Å²) in [5.74, 6) is 0.999. The van der Waals surface area contributed by atoms with Gasteiger partial charge >= 0.3 is 6.09 Å². The van der Waals surface area contributed by atoms with Gasteiger partial charge in [0.05, 0.1) is 7.11 Å². The molecule has 2 amide bonds. The fraction of sp³-hybridized carbons (Fsp3) is 0.667. The van der Waals surface area contributed by atoms with E-state index < -0.39 is 6.09 Å². The van der Waals surface area contributed by atoms with Crippen LogP contribution in [0.3, 0.4) is 0 Å². The predicted molar refractivity (Wildman–Crippen MR) is 113 cm³/mol. The van der Waals surface area contributed by atoms with Gasteiger partial charge in [-0.15, -0.1) is 0 Å². The maximum atomic E-state index is 12.9. The molecule has 29 heavy (non-hydrogen) atoms. The first-order chi connectivity index (χ1) is 13.7. The van der Waals surface area contributed by atoms with Crippen LogP contribution < -0.4 is 5.32 Å². The molecule has 1 spiro atoms. The second-order valence-corrected chi connectivity index (χ2v) is 10.0. The Morgan fingerprint density at radius 3 is 2.38 bits per heavy atom. The van der Waals surface area contributed by atoms with E-state index in [9.17, 15) is 9.59 Å². The molecule has 4 rings (SSSR count). The minimum atomic E-state index is -0.415. The van der Waals surface area contributed by atoms with Gasteiger partial charge in [-0.2, -0.15) is 0 Å². The van der Waals surface area contributed by atoms with Gasteiger partial charge in [-0.25, -0.2) is 4.79 Å². The number of benzene rings is 1. The van der Waals surface area contributed by atoms with Crippen LogP contribution in [0.4, 0.5) is 4.79 Å². The standard InChI is InChI=1S/C24H34N2O3/c1-16-6-5-7-20(17(16)2)18-14-24(15-18)8-10-26(11-9-24)21(27)19-12-23(3,13-19)25-22(28)29-4/h5-7,18-19H,8-15H2,1-4H3,(H,25,28). The Morgan fingerprint density at radius 2 is 1.76 bits per heavy atom. The number of nitrogens with one attached hydrogen (secondary N) is 1. The van der Waals surface area contributed by atoms with Crippen molar-refractivity contribution in [3.8, 4) is 0 Å². The zero-order valence-electron chi connectivity index (χ0n) is 18.2. The van der Waals surface area contributed by atoms with E-state index >= 15 is 0 Å². The summed E-state index contributed by atoms with van der Waals surface area (Å²) in [4.78, 5) is 26.4. The number of methoxy groups -OCH3 is 1. The highest BCUT2D eigenvalue weighted by Gasteiger charge is 2.50. The van der Waals surface area contributed by atoms with Crippen molar-refractivity contribution in [1.29, 1.82) is 0 Å². The van der Waals surface area contributed by atoms with Gasteiger partial charge in [0.2, 0.25) is 5.91 Å². The number of likely N-dealkylation sites (tertiary alicyclic amines) is 1. The Bertz CT molecular complexity index is 796. The predicted octanol–water partition coefficient (Wildman–Crippen LogP) is 4.31. The molecular formula is C24H34N2O3. The molecule has 0 radical (unpaired) electrons. The molecule has 1 saturated heterocycles. The Morgan fingerprint density at radius 1 is 1.10 bits per heavy atom. The van der Waals surface area contributed by atoms with Crippen LogP contribution >= 0.6 is 0 Å². The lowest BCUT2D eigenvalue weighted by molar-refractivity contribution is -0.144. The highest BCUT2D eigenvalue weighted by Crippen LogP contribution is 2.57. The van der Waals surface area contributed by atoms with Crippen LogP contribution in [0.25, 0.3) is 0 Å². The number of aryl methyl sites for hydroxylation is 1. The Kier molecular flexibility index (Phi) is 5.12. The molecule has 1 aliphatic heterocycles. The quantitative estimate of drug-likeness (QED) is 0.825. The average Bonchev–Trinajstić information content (AvgIpc) is 2.66. The molecule has 0 atom stereocenters. The van der Waals surface area contributed by atoms with Gasteiger partial charge in [0.1, 0.15) is 0 Å². The van der Waals surface area contributed by atoms with Gasteiger partial charge in [0.25, 0.3) is 0 Å². The van der Waals surface area contributed by atoms with Crippen LogP contribution in [-0.4, -0.2) is 42.6 Å². The second kappa shape index (κ2) is 7.33. The molecule has 1 N–H and O–H groups in total. The van der Waals surface area contributed by atoms with Gasteiger partial charge in [0.15, 0.2) is 0 Å². The lowest BCUT2D eigenvalue weighted by atomic mass is 9.55. The maximum Gasteiger partial charge on any atom is 0.407 e. The van der Waals surface area contributed by atoms with Crippen molar-refractivity contribution in [2.75, 3.05) is 20.2 Å². The molecule has 0 unspecified atom stereocenters. The number of ether oxygens (including phenoxy) is 1. The molecule has 2 saturated carbocycles. The number of amides is 2. The fourth-order valence-corrected chi connectivity index (χ4v) is 5.89. The number of carbonyl (C=O) groups is 2. The number of hydrogen-bond acceptors (Lipinski definition) is 3. The summed E-state index contributed by atoms with van der Waals surface area (Å²) in [6.45, 7) is 8.20. The zero-order valence-corrected chi connectivity index (χ0v) is 18.2. The zero-order chi connectivity index (χ0) is 20.8.